The van der Waals surface area contributed by atoms with E-state index in [2.05, 4.69) is 20.6 Å². The summed E-state index contributed by atoms with van der Waals surface area (Å²) in [6, 6.07) is 8.85. The predicted octanol–water partition coefficient (Wildman–Crippen LogP) is 3.11. The molecule has 0 spiro atoms. The Balaban J connectivity index is 1.53. The Labute approximate surface area is 193 Å². The average Bonchev–Trinajstić information content (AvgIpc) is 3.27. The molecular weight excluding hydrogens is 424 g/mol. The minimum atomic E-state index is -0.764. The minimum absolute atomic E-state index is 0.226. The summed E-state index contributed by atoms with van der Waals surface area (Å²) >= 11 is 0. The van der Waals surface area contributed by atoms with E-state index in [1.807, 2.05) is 39.8 Å². The number of carbonyl (C=O) groups excluding carboxylic acids is 2. The van der Waals surface area contributed by atoms with Gasteiger partial charge in [0.1, 0.15) is 17.6 Å². The van der Waals surface area contributed by atoms with Crippen LogP contribution in [0.1, 0.15) is 43.3 Å². The van der Waals surface area contributed by atoms with Crippen molar-refractivity contribution in [3.05, 3.63) is 47.3 Å². The van der Waals surface area contributed by atoms with Gasteiger partial charge in [-0.3, -0.25) is 19.6 Å². The van der Waals surface area contributed by atoms with Crippen LogP contribution >= 0.6 is 0 Å². The van der Waals surface area contributed by atoms with Crippen molar-refractivity contribution in [3.63, 3.8) is 0 Å². The standard InChI is InChI=1S/C24H30N4O5/c1-15-10-18(11-16(2)26-15)32-9-8-24(3,4)28-23(30)22(29)27-17-6-7-19(20(12-17)31-5)21-13-25-14-33-21/h6-7,10-12,14,21H,8-9,13H2,1-5H3,(H,27,29)(H,28,30). The number of amides is 2. The molecule has 1 atom stereocenters. The van der Waals surface area contributed by atoms with E-state index in [9.17, 15) is 9.59 Å². The van der Waals surface area contributed by atoms with E-state index in [0.29, 0.717) is 31.0 Å². The zero-order valence-corrected chi connectivity index (χ0v) is 19.6. The number of methoxy groups -OCH3 is 1. The van der Waals surface area contributed by atoms with E-state index < -0.39 is 17.4 Å². The van der Waals surface area contributed by atoms with Crippen LogP contribution in [-0.2, 0) is 14.3 Å². The number of aryl methyl sites for hydroxylation is 2. The van der Waals surface area contributed by atoms with Crippen LogP contribution in [0.3, 0.4) is 0 Å². The summed E-state index contributed by atoms with van der Waals surface area (Å²) in [5.74, 6) is -0.222. The number of ether oxygens (including phenoxy) is 3. The fourth-order valence-corrected chi connectivity index (χ4v) is 3.44. The number of hydrogen-bond acceptors (Lipinski definition) is 7. The molecular formula is C24H30N4O5. The lowest BCUT2D eigenvalue weighted by atomic mass is 10.0. The van der Waals surface area contributed by atoms with Crippen molar-refractivity contribution in [1.82, 2.24) is 10.3 Å². The van der Waals surface area contributed by atoms with Gasteiger partial charge in [-0.25, -0.2) is 0 Å². The molecule has 1 aromatic heterocycles. The van der Waals surface area contributed by atoms with E-state index in [-0.39, 0.29) is 6.10 Å². The topological polar surface area (TPSA) is 111 Å². The molecule has 1 aromatic carbocycles. The maximum atomic E-state index is 12.5. The van der Waals surface area contributed by atoms with E-state index >= 15 is 0 Å². The van der Waals surface area contributed by atoms with E-state index in [1.54, 1.807) is 18.2 Å². The molecule has 2 heterocycles. The molecule has 1 aliphatic rings. The molecule has 9 nitrogen and oxygen atoms in total. The fourth-order valence-electron chi connectivity index (χ4n) is 3.44. The van der Waals surface area contributed by atoms with Crippen LogP contribution in [0.15, 0.2) is 35.3 Å². The van der Waals surface area contributed by atoms with E-state index in [4.69, 9.17) is 14.2 Å². The summed E-state index contributed by atoms with van der Waals surface area (Å²) in [5, 5.41) is 5.37. The number of rotatable bonds is 8. The van der Waals surface area contributed by atoms with Gasteiger partial charge in [0.05, 0.1) is 20.3 Å². The van der Waals surface area contributed by atoms with Crippen LogP contribution in [-0.4, -0.2) is 49.0 Å². The molecule has 3 rings (SSSR count). The molecule has 9 heteroatoms. The largest absolute Gasteiger partial charge is 0.496 e. The quantitative estimate of drug-likeness (QED) is 0.593. The van der Waals surface area contributed by atoms with Gasteiger partial charge >= 0.3 is 11.8 Å². The first-order chi connectivity index (χ1) is 15.7. The zero-order chi connectivity index (χ0) is 24.0. The summed E-state index contributed by atoms with van der Waals surface area (Å²) in [4.78, 5) is 33.3. The van der Waals surface area contributed by atoms with Crippen molar-refractivity contribution in [2.75, 3.05) is 25.6 Å². The number of pyridine rings is 1. The van der Waals surface area contributed by atoms with E-state index in [0.717, 1.165) is 22.7 Å². The molecule has 0 saturated carbocycles. The molecule has 1 aliphatic heterocycles. The molecule has 0 aliphatic carbocycles. The number of aromatic nitrogens is 1. The molecule has 0 saturated heterocycles. The number of carbonyl (C=O) groups is 2. The monoisotopic (exact) mass is 454 g/mol. The molecule has 0 bridgehead atoms. The normalized spacial score (nSPS) is 15.0. The third-order valence-corrected chi connectivity index (χ3v) is 5.12. The van der Waals surface area contributed by atoms with Crippen LogP contribution in [0.4, 0.5) is 5.69 Å². The number of nitrogens with one attached hydrogen (secondary N) is 2. The van der Waals surface area contributed by atoms with Crippen LogP contribution in [0.25, 0.3) is 0 Å². The van der Waals surface area contributed by atoms with Gasteiger partial charge in [-0.2, -0.15) is 0 Å². The van der Waals surface area contributed by atoms with Crippen molar-refractivity contribution in [1.29, 1.82) is 0 Å². The van der Waals surface area contributed by atoms with Crippen LogP contribution in [0.2, 0.25) is 0 Å². The number of benzene rings is 1. The molecule has 2 amide bonds. The molecule has 176 valence electrons. The summed E-state index contributed by atoms with van der Waals surface area (Å²) in [5.41, 5.74) is 2.37. The van der Waals surface area contributed by atoms with Gasteiger partial charge in [-0.15, -0.1) is 0 Å². The lowest BCUT2D eigenvalue weighted by molar-refractivity contribution is -0.137. The second-order valence-electron chi connectivity index (χ2n) is 8.53. The number of anilines is 1. The van der Waals surface area contributed by atoms with Crippen molar-refractivity contribution in [2.45, 2.75) is 45.8 Å². The third kappa shape index (κ3) is 6.68. The number of hydrogen-bond donors (Lipinski definition) is 2. The SMILES string of the molecule is COc1cc(NC(=O)C(=O)NC(C)(C)CCOc2cc(C)nc(C)c2)ccc1C1CN=CO1. The second-order valence-corrected chi connectivity index (χ2v) is 8.53. The maximum absolute atomic E-state index is 12.5. The van der Waals surface area contributed by atoms with E-state index in [1.165, 1.54) is 13.5 Å². The van der Waals surface area contributed by atoms with Gasteiger partial charge in [-0.1, -0.05) is 0 Å². The van der Waals surface area contributed by atoms with Gasteiger partial charge in [0.25, 0.3) is 0 Å². The van der Waals surface area contributed by atoms with Crippen LogP contribution in [0, 0.1) is 13.8 Å². The molecule has 0 radical (unpaired) electrons. The summed E-state index contributed by atoms with van der Waals surface area (Å²) < 4.78 is 16.6. The second kappa shape index (κ2) is 10.3. The first-order valence-electron chi connectivity index (χ1n) is 10.7. The van der Waals surface area contributed by atoms with Gasteiger partial charge < -0.3 is 24.8 Å². The Hall–Kier alpha value is -3.62. The van der Waals surface area contributed by atoms with Crippen LogP contribution in [0.5, 0.6) is 11.5 Å². The lowest BCUT2D eigenvalue weighted by Gasteiger charge is -2.26. The Morgan fingerprint density at radius 3 is 2.52 bits per heavy atom. The summed E-state index contributed by atoms with van der Waals surface area (Å²) in [6.07, 6.45) is 1.70. The summed E-state index contributed by atoms with van der Waals surface area (Å²) in [7, 11) is 1.53. The van der Waals surface area contributed by atoms with Gasteiger partial charge in [-0.05, 0) is 39.8 Å². The highest BCUT2D eigenvalue weighted by molar-refractivity contribution is 6.39. The average molecular weight is 455 g/mol. The molecule has 1 unspecified atom stereocenters. The van der Waals surface area contributed by atoms with Gasteiger partial charge in [0.2, 0.25) is 0 Å². The maximum Gasteiger partial charge on any atom is 0.313 e. The van der Waals surface area contributed by atoms with Crippen molar-refractivity contribution in [2.24, 2.45) is 4.99 Å². The first-order valence-corrected chi connectivity index (χ1v) is 10.7. The van der Waals surface area contributed by atoms with Crippen molar-refractivity contribution in [3.8, 4) is 11.5 Å². The van der Waals surface area contributed by atoms with Crippen molar-refractivity contribution < 1.29 is 23.8 Å². The Bertz CT molecular complexity index is 1020. The first kappa shape index (κ1) is 24.0. The highest BCUT2D eigenvalue weighted by Crippen LogP contribution is 2.32. The van der Waals surface area contributed by atoms with Gasteiger partial charge in [0.15, 0.2) is 6.40 Å². The molecule has 2 aromatic rings. The Kier molecular flexibility index (Phi) is 7.52. The molecule has 0 fully saturated rings. The third-order valence-electron chi connectivity index (χ3n) is 5.12. The highest BCUT2D eigenvalue weighted by Gasteiger charge is 2.25. The molecule has 2 N–H and O–H groups in total. The number of aliphatic imine (C=N–C) groups is 1. The Morgan fingerprint density at radius 2 is 1.88 bits per heavy atom. The smallest absolute Gasteiger partial charge is 0.313 e. The fraction of sp³-hybridized carbons (Fsp3) is 0.417. The minimum Gasteiger partial charge on any atom is -0.496 e. The predicted molar refractivity (Wildman–Crippen MR) is 125 cm³/mol. The lowest BCUT2D eigenvalue weighted by Crippen LogP contribution is -2.48. The zero-order valence-electron chi connectivity index (χ0n) is 19.6. The Morgan fingerprint density at radius 1 is 1.15 bits per heavy atom. The summed E-state index contributed by atoms with van der Waals surface area (Å²) in [6.45, 7) is 8.37. The van der Waals surface area contributed by atoms with Crippen LogP contribution < -0.4 is 20.1 Å². The van der Waals surface area contributed by atoms with Gasteiger partial charge in [0, 0.05) is 52.8 Å². The molecule has 33 heavy (non-hydrogen) atoms. The number of nitrogens with zero attached hydrogens (tertiary/aromatic N) is 2. The highest BCUT2D eigenvalue weighted by atomic mass is 16.5. The van der Waals surface area contributed by atoms with Crippen molar-refractivity contribution >= 4 is 23.9 Å².